The van der Waals surface area contributed by atoms with Crippen molar-refractivity contribution in [1.82, 2.24) is 4.90 Å². The second-order valence-corrected chi connectivity index (χ2v) is 6.18. The van der Waals surface area contributed by atoms with Crippen LogP contribution in [0.15, 0.2) is 24.3 Å². The van der Waals surface area contributed by atoms with E-state index in [1.54, 1.807) is 0 Å². The molecule has 0 saturated carbocycles. The van der Waals surface area contributed by atoms with Crippen LogP contribution in [0.1, 0.15) is 12.0 Å². The average Bonchev–Trinajstić information content (AvgIpc) is 2.93. The van der Waals surface area contributed by atoms with Gasteiger partial charge in [-0.1, -0.05) is 23.7 Å². The van der Waals surface area contributed by atoms with Crippen LogP contribution in [-0.4, -0.2) is 56.1 Å². The molecule has 1 fully saturated rings. The summed E-state index contributed by atoms with van der Waals surface area (Å²) in [6.07, 6.45) is 0.651. The van der Waals surface area contributed by atoms with Crippen LogP contribution >= 0.6 is 11.6 Å². The van der Waals surface area contributed by atoms with Crippen molar-refractivity contribution in [1.29, 1.82) is 0 Å². The number of ether oxygens (including phenoxy) is 2. The van der Waals surface area contributed by atoms with E-state index < -0.39 is 6.10 Å². The molecule has 1 N–H and O–H groups in total. The van der Waals surface area contributed by atoms with Gasteiger partial charge < -0.3 is 19.5 Å². The Morgan fingerprint density at radius 1 is 1.43 bits per heavy atom. The summed E-state index contributed by atoms with van der Waals surface area (Å²) >= 11 is 5.83. The van der Waals surface area contributed by atoms with E-state index >= 15 is 0 Å². The van der Waals surface area contributed by atoms with Crippen LogP contribution in [-0.2, 0) is 16.1 Å². The second-order valence-electron chi connectivity index (χ2n) is 5.75. The predicted molar refractivity (Wildman–Crippen MR) is 83.5 cm³/mol. The molecule has 1 aliphatic heterocycles. The van der Waals surface area contributed by atoms with Crippen LogP contribution in [0.5, 0.6) is 0 Å². The molecule has 0 aromatic heterocycles. The SMILES string of the molecule is CN(CC(O)COCc1ccc(Cl)cc1)CC1CCOC1. The van der Waals surface area contributed by atoms with E-state index in [2.05, 4.69) is 4.90 Å². The van der Waals surface area contributed by atoms with Gasteiger partial charge in [-0.05, 0) is 37.1 Å². The lowest BCUT2D eigenvalue weighted by molar-refractivity contribution is 0.0116. The first kappa shape index (κ1) is 16.7. The molecule has 4 nitrogen and oxygen atoms in total. The maximum atomic E-state index is 10.00. The molecule has 0 spiro atoms. The van der Waals surface area contributed by atoms with Crippen molar-refractivity contribution in [3.63, 3.8) is 0 Å². The fourth-order valence-electron chi connectivity index (χ4n) is 2.55. The highest BCUT2D eigenvalue weighted by Gasteiger charge is 2.18. The number of aliphatic hydroxyl groups is 1. The summed E-state index contributed by atoms with van der Waals surface area (Å²) in [5.41, 5.74) is 1.06. The van der Waals surface area contributed by atoms with E-state index in [4.69, 9.17) is 21.1 Å². The monoisotopic (exact) mass is 313 g/mol. The highest BCUT2D eigenvalue weighted by molar-refractivity contribution is 6.30. The number of hydrogen-bond acceptors (Lipinski definition) is 4. The molecule has 1 aliphatic rings. The minimum absolute atomic E-state index is 0.341. The zero-order chi connectivity index (χ0) is 15.1. The maximum absolute atomic E-state index is 10.00. The summed E-state index contributed by atoms with van der Waals surface area (Å²) in [4.78, 5) is 2.15. The quantitative estimate of drug-likeness (QED) is 0.799. The zero-order valence-corrected chi connectivity index (χ0v) is 13.3. The number of rotatable bonds is 8. The lowest BCUT2D eigenvalue weighted by atomic mass is 10.1. The van der Waals surface area contributed by atoms with Gasteiger partial charge in [0, 0.05) is 24.7 Å². The third-order valence-corrected chi connectivity index (χ3v) is 3.86. The van der Waals surface area contributed by atoms with Crippen molar-refractivity contribution in [2.45, 2.75) is 19.1 Å². The highest BCUT2D eigenvalue weighted by Crippen LogP contribution is 2.13. The smallest absolute Gasteiger partial charge is 0.0900 e. The van der Waals surface area contributed by atoms with Gasteiger partial charge in [-0.25, -0.2) is 0 Å². The average molecular weight is 314 g/mol. The van der Waals surface area contributed by atoms with Crippen LogP contribution in [0.25, 0.3) is 0 Å². The molecule has 0 bridgehead atoms. The minimum Gasteiger partial charge on any atom is -0.389 e. The third kappa shape index (κ3) is 6.32. The van der Waals surface area contributed by atoms with E-state index in [0.29, 0.717) is 25.7 Å². The molecule has 5 heteroatoms. The number of halogens is 1. The van der Waals surface area contributed by atoms with Gasteiger partial charge in [0.15, 0.2) is 0 Å². The van der Waals surface area contributed by atoms with Crippen LogP contribution in [0.2, 0.25) is 5.02 Å². The van der Waals surface area contributed by atoms with Gasteiger partial charge in [-0.15, -0.1) is 0 Å². The molecule has 0 radical (unpaired) electrons. The van der Waals surface area contributed by atoms with Gasteiger partial charge in [0.25, 0.3) is 0 Å². The van der Waals surface area contributed by atoms with E-state index in [1.165, 1.54) is 0 Å². The number of nitrogens with zero attached hydrogens (tertiary/aromatic N) is 1. The molecule has 2 rings (SSSR count). The molecular weight excluding hydrogens is 290 g/mol. The molecule has 1 heterocycles. The summed E-state index contributed by atoms with van der Waals surface area (Å²) in [6, 6.07) is 7.55. The predicted octanol–water partition coefficient (Wildman–Crippen LogP) is 2.19. The summed E-state index contributed by atoms with van der Waals surface area (Å²) in [5.74, 6) is 0.595. The van der Waals surface area contributed by atoms with Gasteiger partial charge in [-0.2, -0.15) is 0 Å². The fraction of sp³-hybridized carbons (Fsp3) is 0.625. The van der Waals surface area contributed by atoms with Crippen molar-refractivity contribution >= 4 is 11.6 Å². The van der Waals surface area contributed by atoms with E-state index in [0.717, 1.165) is 36.8 Å². The Balaban J connectivity index is 1.60. The fourth-order valence-corrected chi connectivity index (χ4v) is 2.67. The number of benzene rings is 1. The Bertz CT molecular complexity index is 406. The second kappa shape index (κ2) is 8.71. The van der Waals surface area contributed by atoms with Gasteiger partial charge >= 0.3 is 0 Å². The number of likely N-dealkylation sites (N-methyl/N-ethyl adjacent to an activating group) is 1. The lowest BCUT2D eigenvalue weighted by Gasteiger charge is -2.22. The Labute approximate surface area is 131 Å². The molecule has 21 heavy (non-hydrogen) atoms. The van der Waals surface area contributed by atoms with Gasteiger partial charge in [0.2, 0.25) is 0 Å². The highest BCUT2D eigenvalue weighted by atomic mass is 35.5. The largest absolute Gasteiger partial charge is 0.389 e. The molecule has 1 saturated heterocycles. The van der Waals surface area contributed by atoms with E-state index in [-0.39, 0.29) is 0 Å². The molecule has 2 unspecified atom stereocenters. The van der Waals surface area contributed by atoms with Gasteiger partial charge in [0.05, 0.1) is 25.9 Å². The lowest BCUT2D eigenvalue weighted by Crippen LogP contribution is -2.35. The summed E-state index contributed by atoms with van der Waals surface area (Å²) in [6.45, 7) is 4.13. The summed E-state index contributed by atoms with van der Waals surface area (Å²) in [5, 5.41) is 10.7. The summed E-state index contributed by atoms with van der Waals surface area (Å²) < 4.78 is 10.9. The van der Waals surface area contributed by atoms with Crippen molar-refractivity contribution in [3.8, 4) is 0 Å². The molecule has 1 aromatic carbocycles. The first-order valence-electron chi connectivity index (χ1n) is 7.40. The van der Waals surface area contributed by atoms with Crippen LogP contribution in [0, 0.1) is 5.92 Å². The normalized spacial score (nSPS) is 20.1. The Morgan fingerprint density at radius 2 is 2.19 bits per heavy atom. The molecular formula is C16H24ClNO3. The van der Waals surface area contributed by atoms with Crippen molar-refractivity contribution in [3.05, 3.63) is 34.9 Å². The molecule has 0 amide bonds. The first-order chi connectivity index (χ1) is 10.1. The summed E-state index contributed by atoms with van der Waals surface area (Å²) in [7, 11) is 2.03. The van der Waals surface area contributed by atoms with Crippen LogP contribution in [0.4, 0.5) is 0 Å². The van der Waals surface area contributed by atoms with Gasteiger partial charge in [0.1, 0.15) is 0 Å². The van der Waals surface area contributed by atoms with Crippen molar-refractivity contribution in [2.75, 3.05) is 40.0 Å². The number of aliphatic hydroxyl groups excluding tert-OH is 1. The molecule has 0 aliphatic carbocycles. The van der Waals surface area contributed by atoms with Crippen molar-refractivity contribution in [2.24, 2.45) is 5.92 Å². The topological polar surface area (TPSA) is 41.9 Å². The zero-order valence-electron chi connectivity index (χ0n) is 12.5. The van der Waals surface area contributed by atoms with Crippen molar-refractivity contribution < 1.29 is 14.6 Å². The van der Waals surface area contributed by atoms with Gasteiger partial charge in [-0.3, -0.25) is 0 Å². The van der Waals surface area contributed by atoms with E-state index in [9.17, 15) is 5.11 Å². The third-order valence-electron chi connectivity index (χ3n) is 3.61. The van der Waals surface area contributed by atoms with E-state index in [1.807, 2.05) is 31.3 Å². The Kier molecular flexibility index (Phi) is 6.93. The Morgan fingerprint density at radius 3 is 2.86 bits per heavy atom. The molecule has 118 valence electrons. The molecule has 2 atom stereocenters. The number of hydrogen-bond donors (Lipinski definition) is 1. The first-order valence-corrected chi connectivity index (χ1v) is 7.78. The van der Waals surface area contributed by atoms with Crippen LogP contribution < -0.4 is 0 Å². The van der Waals surface area contributed by atoms with Crippen LogP contribution in [0.3, 0.4) is 0 Å². The maximum Gasteiger partial charge on any atom is 0.0900 e. The minimum atomic E-state index is -0.468. The Hall–Kier alpha value is -0.650. The standard InChI is InChI=1S/C16H24ClNO3/c1-18(8-14-6-7-20-11-14)9-16(19)12-21-10-13-2-4-15(17)5-3-13/h2-5,14,16,19H,6-12H2,1H3. The molecule has 1 aromatic rings.